The van der Waals surface area contributed by atoms with Crippen molar-refractivity contribution in [1.29, 1.82) is 0 Å². The maximum absolute atomic E-state index is 12.4. The van der Waals surface area contributed by atoms with E-state index in [1.165, 1.54) is 12.1 Å². The van der Waals surface area contributed by atoms with Crippen LogP contribution < -0.4 is 10.4 Å². The monoisotopic (exact) mass is 264 g/mol. The highest BCUT2D eigenvalue weighted by Gasteiger charge is 2.47. The number of nitrogens with one attached hydrogen (secondary N) is 1. The molecule has 92 valence electrons. The summed E-state index contributed by atoms with van der Waals surface area (Å²) in [4.78, 5) is 11.5. The third-order valence-corrected chi connectivity index (χ3v) is 2.61. The van der Waals surface area contributed by atoms with Gasteiger partial charge >= 0.3 is 6.18 Å². The smallest absolute Gasteiger partial charge is 0.273 e. The number of alkyl halides is 3. The van der Waals surface area contributed by atoms with Crippen LogP contribution in [-0.4, -0.2) is 18.1 Å². The van der Waals surface area contributed by atoms with Gasteiger partial charge in [0.05, 0.1) is 12.1 Å². The number of halogens is 4. The van der Waals surface area contributed by atoms with Crippen LogP contribution in [-0.2, 0) is 4.79 Å². The second-order valence-electron chi connectivity index (χ2n) is 3.64. The van der Waals surface area contributed by atoms with Gasteiger partial charge in [-0.15, -0.1) is 0 Å². The lowest BCUT2D eigenvalue weighted by Crippen LogP contribution is -2.44. The molecule has 0 radical (unpaired) electrons. The van der Waals surface area contributed by atoms with Crippen molar-refractivity contribution in [2.75, 3.05) is 5.01 Å². The van der Waals surface area contributed by atoms with Gasteiger partial charge in [0.2, 0.25) is 5.91 Å². The van der Waals surface area contributed by atoms with Crippen molar-refractivity contribution in [3.05, 3.63) is 29.3 Å². The average molecular weight is 265 g/mol. The second-order valence-corrected chi connectivity index (χ2v) is 4.07. The lowest BCUT2D eigenvalue weighted by molar-refractivity contribution is -0.153. The van der Waals surface area contributed by atoms with Crippen molar-refractivity contribution >= 4 is 23.2 Å². The topological polar surface area (TPSA) is 32.3 Å². The SMILES string of the molecule is O=C1CC(C(F)(F)F)NN1c1cccc(Cl)c1. The van der Waals surface area contributed by atoms with Gasteiger partial charge in [0.1, 0.15) is 6.04 Å². The number of anilines is 1. The van der Waals surface area contributed by atoms with Crippen LogP contribution in [0.5, 0.6) is 0 Å². The largest absolute Gasteiger partial charge is 0.406 e. The first kappa shape index (κ1) is 12.2. The Morgan fingerprint density at radius 1 is 1.41 bits per heavy atom. The van der Waals surface area contributed by atoms with E-state index in [9.17, 15) is 18.0 Å². The third-order valence-electron chi connectivity index (χ3n) is 2.37. The van der Waals surface area contributed by atoms with Crippen molar-refractivity contribution in [2.45, 2.75) is 18.6 Å². The first-order chi connectivity index (χ1) is 7.88. The number of rotatable bonds is 1. The Balaban J connectivity index is 2.22. The van der Waals surface area contributed by atoms with E-state index in [-0.39, 0.29) is 0 Å². The fourth-order valence-electron chi connectivity index (χ4n) is 1.56. The summed E-state index contributed by atoms with van der Waals surface area (Å²) in [7, 11) is 0. The molecular formula is C10H8ClF3N2O. The Labute approximate surface area is 100 Å². The fourth-order valence-corrected chi connectivity index (χ4v) is 1.75. The van der Waals surface area contributed by atoms with Crippen molar-refractivity contribution < 1.29 is 18.0 Å². The molecule has 7 heteroatoms. The Hall–Kier alpha value is -1.27. The predicted molar refractivity (Wildman–Crippen MR) is 56.5 cm³/mol. The number of benzene rings is 1. The molecule has 0 aliphatic carbocycles. The molecule has 17 heavy (non-hydrogen) atoms. The van der Waals surface area contributed by atoms with Crippen LogP contribution in [0.2, 0.25) is 5.02 Å². The minimum atomic E-state index is -4.44. The standard InChI is InChI=1S/C10H8ClF3N2O/c11-6-2-1-3-7(4-6)16-9(17)5-8(15-16)10(12,13)14/h1-4,8,15H,5H2. The zero-order chi connectivity index (χ0) is 12.6. The fraction of sp³-hybridized carbons (Fsp3) is 0.300. The van der Waals surface area contributed by atoms with E-state index in [1.54, 1.807) is 12.1 Å². The molecule has 1 aromatic rings. The summed E-state index contributed by atoms with van der Waals surface area (Å²) in [5, 5.41) is 1.23. The van der Waals surface area contributed by atoms with Crippen LogP contribution in [0.4, 0.5) is 18.9 Å². The Bertz CT molecular complexity index is 449. The van der Waals surface area contributed by atoms with Crippen molar-refractivity contribution in [2.24, 2.45) is 0 Å². The van der Waals surface area contributed by atoms with Crippen molar-refractivity contribution in [3.8, 4) is 0 Å². The molecule has 1 aromatic carbocycles. The normalized spacial score (nSPS) is 21.1. The molecule has 1 N–H and O–H groups in total. The molecule has 1 heterocycles. The summed E-state index contributed by atoms with van der Waals surface area (Å²) in [6, 6.07) is 4.23. The van der Waals surface area contributed by atoms with Gasteiger partial charge in [0, 0.05) is 5.02 Å². The number of nitrogens with zero attached hydrogens (tertiary/aromatic N) is 1. The molecule has 1 amide bonds. The Morgan fingerprint density at radius 2 is 2.12 bits per heavy atom. The lowest BCUT2D eigenvalue weighted by atomic mass is 10.2. The number of hydrazine groups is 1. The molecule has 1 unspecified atom stereocenters. The van der Waals surface area contributed by atoms with Gasteiger partial charge in [-0.2, -0.15) is 13.2 Å². The zero-order valence-corrected chi connectivity index (χ0v) is 9.22. The summed E-state index contributed by atoms with van der Waals surface area (Å²) >= 11 is 5.71. The molecule has 1 atom stereocenters. The minimum Gasteiger partial charge on any atom is -0.273 e. The maximum atomic E-state index is 12.4. The first-order valence-corrected chi connectivity index (χ1v) is 5.17. The predicted octanol–water partition coefficient (Wildman–Crippen LogP) is 2.51. The molecule has 1 fully saturated rings. The zero-order valence-electron chi connectivity index (χ0n) is 8.46. The van der Waals surface area contributed by atoms with Gasteiger partial charge in [-0.3, -0.25) is 4.79 Å². The van der Waals surface area contributed by atoms with Crippen molar-refractivity contribution in [1.82, 2.24) is 5.43 Å². The van der Waals surface area contributed by atoms with E-state index in [0.717, 1.165) is 5.01 Å². The Morgan fingerprint density at radius 3 is 2.65 bits per heavy atom. The Kier molecular flexibility index (Phi) is 3.01. The summed E-state index contributed by atoms with van der Waals surface area (Å²) in [5.74, 6) is -0.630. The molecule has 3 nitrogen and oxygen atoms in total. The van der Waals surface area contributed by atoms with Crippen LogP contribution >= 0.6 is 11.6 Å². The number of amides is 1. The van der Waals surface area contributed by atoms with Gasteiger partial charge in [0.15, 0.2) is 0 Å². The van der Waals surface area contributed by atoms with E-state index in [4.69, 9.17) is 11.6 Å². The molecule has 1 aliphatic heterocycles. The van der Waals surface area contributed by atoms with Gasteiger partial charge in [-0.1, -0.05) is 17.7 Å². The molecule has 0 saturated carbocycles. The number of hydrogen-bond acceptors (Lipinski definition) is 2. The van der Waals surface area contributed by atoms with Crippen molar-refractivity contribution in [3.63, 3.8) is 0 Å². The highest BCUT2D eigenvalue weighted by atomic mass is 35.5. The number of hydrogen-bond donors (Lipinski definition) is 1. The van der Waals surface area contributed by atoms with Gasteiger partial charge in [-0.05, 0) is 18.2 Å². The van der Waals surface area contributed by atoms with Crippen LogP contribution in [0.1, 0.15) is 6.42 Å². The van der Waals surface area contributed by atoms with E-state index in [0.29, 0.717) is 10.7 Å². The molecule has 1 aliphatic rings. The summed E-state index contributed by atoms with van der Waals surface area (Å²) in [6.45, 7) is 0. The van der Waals surface area contributed by atoms with Crippen LogP contribution in [0.15, 0.2) is 24.3 Å². The lowest BCUT2D eigenvalue weighted by Gasteiger charge is -2.19. The first-order valence-electron chi connectivity index (χ1n) is 4.79. The quantitative estimate of drug-likeness (QED) is 0.845. The summed E-state index contributed by atoms with van der Waals surface area (Å²) in [6.07, 6.45) is -5.04. The third kappa shape index (κ3) is 2.53. The van der Waals surface area contributed by atoms with E-state index in [1.807, 2.05) is 0 Å². The number of carbonyl (C=O) groups excluding carboxylic acids is 1. The molecule has 0 aromatic heterocycles. The highest BCUT2D eigenvalue weighted by Crippen LogP contribution is 2.29. The van der Waals surface area contributed by atoms with Crippen LogP contribution in [0, 0.1) is 0 Å². The van der Waals surface area contributed by atoms with E-state index >= 15 is 0 Å². The molecule has 2 rings (SSSR count). The second kappa shape index (κ2) is 4.19. The van der Waals surface area contributed by atoms with E-state index in [2.05, 4.69) is 5.43 Å². The molecule has 0 spiro atoms. The van der Waals surface area contributed by atoms with Gasteiger partial charge < -0.3 is 0 Å². The van der Waals surface area contributed by atoms with Gasteiger partial charge in [-0.25, -0.2) is 10.4 Å². The van der Waals surface area contributed by atoms with Crippen LogP contribution in [0.25, 0.3) is 0 Å². The highest BCUT2D eigenvalue weighted by molar-refractivity contribution is 6.30. The number of carbonyl (C=O) groups is 1. The van der Waals surface area contributed by atoms with E-state index < -0.39 is 24.5 Å². The van der Waals surface area contributed by atoms with Crippen LogP contribution in [0.3, 0.4) is 0 Å². The maximum Gasteiger partial charge on any atom is 0.406 e. The molecular weight excluding hydrogens is 257 g/mol. The minimum absolute atomic E-state index is 0.300. The molecule has 0 bridgehead atoms. The summed E-state index contributed by atoms with van der Waals surface area (Å²) < 4.78 is 37.3. The average Bonchev–Trinajstić information content (AvgIpc) is 2.60. The van der Waals surface area contributed by atoms with Gasteiger partial charge in [0.25, 0.3) is 0 Å². The summed E-state index contributed by atoms with van der Waals surface area (Å²) in [5.41, 5.74) is 2.42. The molecule has 1 saturated heterocycles.